The maximum absolute atomic E-state index is 11.7. The average Bonchev–Trinajstić information content (AvgIpc) is 2.28. The van der Waals surface area contributed by atoms with Crippen LogP contribution in [-0.2, 0) is 9.84 Å². The summed E-state index contributed by atoms with van der Waals surface area (Å²) >= 11 is 0. The fraction of sp³-hybridized carbons (Fsp3) is 0.300. The molecular formula is C10H13NO4S. The van der Waals surface area contributed by atoms with Gasteiger partial charge >= 0.3 is 5.97 Å². The van der Waals surface area contributed by atoms with E-state index in [0.29, 0.717) is 5.69 Å². The lowest BCUT2D eigenvalue weighted by Gasteiger charge is -2.09. The molecule has 6 heteroatoms. The maximum atomic E-state index is 11.7. The van der Waals surface area contributed by atoms with Gasteiger partial charge in [0, 0.05) is 7.05 Å². The Kier molecular flexibility index (Phi) is 3.54. The van der Waals surface area contributed by atoms with E-state index in [9.17, 15) is 13.2 Å². The summed E-state index contributed by atoms with van der Waals surface area (Å²) in [6, 6.07) is 3.99. The van der Waals surface area contributed by atoms with Gasteiger partial charge in [0.1, 0.15) is 0 Å². The zero-order valence-electron chi connectivity index (χ0n) is 9.02. The van der Waals surface area contributed by atoms with Gasteiger partial charge in [-0.05, 0) is 18.2 Å². The Balaban J connectivity index is 3.45. The van der Waals surface area contributed by atoms with Crippen molar-refractivity contribution in [3.63, 3.8) is 0 Å². The highest BCUT2D eigenvalue weighted by atomic mass is 32.2. The molecule has 16 heavy (non-hydrogen) atoms. The molecule has 88 valence electrons. The Labute approximate surface area is 94.0 Å². The Morgan fingerprint density at radius 1 is 1.44 bits per heavy atom. The first-order valence-electron chi connectivity index (χ1n) is 4.70. The molecule has 1 aromatic carbocycles. The second-order valence-electron chi connectivity index (χ2n) is 3.17. The molecule has 5 nitrogen and oxygen atoms in total. The van der Waals surface area contributed by atoms with Crippen LogP contribution in [0.5, 0.6) is 0 Å². The van der Waals surface area contributed by atoms with Crippen LogP contribution >= 0.6 is 0 Å². The van der Waals surface area contributed by atoms with E-state index in [1.165, 1.54) is 25.1 Å². The molecule has 2 N–H and O–H groups in total. The average molecular weight is 243 g/mol. The normalized spacial score (nSPS) is 11.1. The number of nitrogens with one attached hydrogen (secondary N) is 1. The zero-order valence-corrected chi connectivity index (χ0v) is 9.84. The van der Waals surface area contributed by atoms with Gasteiger partial charge in [0.15, 0.2) is 9.84 Å². The van der Waals surface area contributed by atoms with Crippen LogP contribution in [0.15, 0.2) is 23.1 Å². The van der Waals surface area contributed by atoms with Crippen molar-refractivity contribution in [1.82, 2.24) is 0 Å². The van der Waals surface area contributed by atoms with Crippen molar-refractivity contribution in [2.24, 2.45) is 0 Å². The number of sulfone groups is 1. The van der Waals surface area contributed by atoms with Crippen LogP contribution < -0.4 is 5.32 Å². The van der Waals surface area contributed by atoms with Crippen molar-refractivity contribution in [1.29, 1.82) is 0 Å². The summed E-state index contributed by atoms with van der Waals surface area (Å²) in [6.45, 7) is 1.52. The molecule has 0 bridgehead atoms. The van der Waals surface area contributed by atoms with Gasteiger partial charge < -0.3 is 10.4 Å². The molecule has 0 amide bonds. The van der Waals surface area contributed by atoms with Crippen molar-refractivity contribution < 1.29 is 18.3 Å². The van der Waals surface area contributed by atoms with Crippen LogP contribution in [0.1, 0.15) is 17.3 Å². The van der Waals surface area contributed by atoms with Crippen molar-refractivity contribution in [2.75, 3.05) is 18.1 Å². The Morgan fingerprint density at radius 3 is 2.50 bits per heavy atom. The Bertz CT molecular complexity index is 508. The first kappa shape index (κ1) is 12.5. The van der Waals surface area contributed by atoms with Crippen LogP contribution in [0.2, 0.25) is 0 Å². The van der Waals surface area contributed by atoms with E-state index < -0.39 is 15.8 Å². The van der Waals surface area contributed by atoms with E-state index in [1.54, 1.807) is 7.05 Å². The van der Waals surface area contributed by atoms with E-state index >= 15 is 0 Å². The molecule has 0 atom stereocenters. The summed E-state index contributed by atoms with van der Waals surface area (Å²) < 4.78 is 23.4. The summed E-state index contributed by atoms with van der Waals surface area (Å²) in [5, 5.41) is 11.5. The number of benzene rings is 1. The number of carboxylic acids is 1. The van der Waals surface area contributed by atoms with Crippen LogP contribution in [0.3, 0.4) is 0 Å². The van der Waals surface area contributed by atoms with Gasteiger partial charge in [0.25, 0.3) is 0 Å². The molecule has 0 aliphatic carbocycles. The minimum Gasteiger partial charge on any atom is -0.478 e. The lowest BCUT2D eigenvalue weighted by molar-refractivity contribution is 0.0696. The van der Waals surface area contributed by atoms with Crippen molar-refractivity contribution in [3.05, 3.63) is 23.8 Å². The minimum atomic E-state index is -3.42. The molecule has 0 saturated heterocycles. The molecule has 0 fully saturated rings. The Hall–Kier alpha value is -1.56. The van der Waals surface area contributed by atoms with E-state index in [0.717, 1.165) is 0 Å². The van der Waals surface area contributed by atoms with E-state index in [2.05, 4.69) is 5.32 Å². The number of hydrogen-bond acceptors (Lipinski definition) is 4. The van der Waals surface area contributed by atoms with Crippen LogP contribution in [0.4, 0.5) is 5.69 Å². The molecule has 0 aromatic heterocycles. The molecule has 0 aliphatic heterocycles. The summed E-state index contributed by atoms with van der Waals surface area (Å²) in [5.41, 5.74) is 0.373. The summed E-state index contributed by atoms with van der Waals surface area (Å²) in [6.07, 6.45) is 0. The predicted octanol–water partition coefficient (Wildman–Crippen LogP) is 1.22. The third kappa shape index (κ3) is 2.33. The third-order valence-corrected chi connectivity index (χ3v) is 3.98. The lowest BCUT2D eigenvalue weighted by atomic mass is 10.2. The Morgan fingerprint density at radius 2 is 2.06 bits per heavy atom. The maximum Gasteiger partial charge on any atom is 0.335 e. The standard InChI is InChI=1S/C10H13NO4S/c1-3-16(14,15)9-6-7(10(12)13)4-5-8(9)11-2/h4-6,11H,3H2,1-2H3,(H,12,13). The van der Waals surface area contributed by atoms with E-state index in [4.69, 9.17) is 5.11 Å². The van der Waals surface area contributed by atoms with Gasteiger partial charge in [-0.1, -0.05) is 6.92 Å². The minimum absolute atomic E-state index is 0.0254. The molecule has 0 aliphatic rings. The van der Waals surface area contributed by atoms with Crippen molar-refractivity contribution >= 4 is 21.5 Å². The third-order valence-electron chi connectivity index (χ3n) is 2.21. The topological polar surface area (TPSA) is 83.5 Å². The quantitative estimate of drug-likeness (QED) is 0.830. The number of hydrogen-bond donors (Lipinski definition) is 2. The van der Waals surface area contributed by atoms with Crippen molar-refractivity contribution in [3.8, 4) is 0 Å². The van der Waals surface area contributed by atoms with Crippen LogP contribution in [0, 0.1) is 0 Å². The number of carbonyl (C=O) groups is 1. The van der Waals surface area contributed by atoms with E-state index in [1.807, 2.05) is 0 Å². The number of aromatic carboxylic acids is 1. The molecule has 0 saturated carbocycles. The smallest absolute Gasteiger partial charge is 0.335 e. The van der Waals surface area contributed by atoms with Gasteiger partial charge in [-0.2, -0.15) is 0 Å². The first-order valence-corrected chi connectivity index (χ1v) is 6.35. The molecule has 0 unspecified atom stereocenters. The fourth-order valence-corrected chi connectivity index (χ4v) is 2.40. The SMILES string of the molecule is CCS(=O)(=O)c1cc(C(=O)O)ccc1NC. The molecule has 0 heterocycles. The van der Waals surface area contributed by atoms with Crippen LogP contribution in [-0.4, -0.2) is 32.3 Å². The molecule has 0 radical (unpaired) electrons. The van der Waals surface area contributed by atoms with Crippen molar-refractivity contribution in [2.45, 2.75) is 11.8 Å². The second-order valence-corrected chi connectivity index (χ2v) is 5.42. The number of anilines is 1. The first-order chi connectivity index (χ1) is 7.42. The molecule has 0 spiro atoms. The molecule has 1 aromatic rings. The van der Waals surface area contributed by atoms with Gasteiger partial charge in [0.2, 0.25) is 0 Å². The fourth-order valence-electron chi connectivity index (χ4n) is 1.27. The largest absolute Gasteiger partial charge is 0.478 e. The van der Waals surface area contributed by atoms with Gasteiger partial charge in [-0.3, -0.25) is 0 Å². The molecular weight excluding hydrogens is 230 g/mol. The van der Waals surface area contributed by atoms with Crippen LogP contribution in [0.25, 0.3) is 0 Å². The van der Waals surface area contributed by atoms with Gasteiger partial charge in [0.05, 0.1) is 21.9 Å². The predicted molar refractivity (Wildman–Crippen MR) is 60.7 cm³/mol. The van der Waals surface area contributed by atoms with Gasteiger partial charge in [-0.25, -0.2) is 13.2 Å². The van der Waals surface area contributed by atoms with Gasteiger partial charge in [-0.15, -0.1) is 0 Å². The highest BCUT2D eigenvalue weighted by molar-refractivity contribution is 7.91. The summed E-state index contributed by atoms with van der Waals surface area (Å²) in [5.74, 6) is -1.21. The second kappa shape index (κ2) is 4.52. The monoisotopic (exact) mass is 243 g/mol. The zero-order chi connectivity index (χ0) is 12.3. The highest BCUT2D eigenvalue weighted by Gasteiger charge is 2.18. The number of rotatable bonds is 4. The number of carboxylic acid groups (broad SMARTS) is 1. The lowest BCUT2D eigenvalue weighted by Crippen LogP contribution is -2.09. The summed E-state index contributed by atoms with van der Waals surface area (Å²) in [7, 11) is -1.84. The summed E-state index contributed by atoms with van der Waals surface area (Å²) in [4.78, 5) is 10.8. The molecule has 1 rings (SSSR count). The highest BCUT2D eigenvalue weighted by Crippen LogP contribution is 2.23. The van der Waals surface area contributed by atoms with E-state index in [-0.39, 0.29) is 16.2 Å².